The molecular formula is C23H17F4N3O3S. The van der Waals surface area contributed by atoms with Crippen molar-refractivity contribution in [2.45, 2.75) is 24.9 Å². The van der Waals surface area contributed by atoms with E-state index in [1.165, 1.54) is 50.4 Å². The van der Waals surface area contributed by atoms with Crippen LogP contribution < -0.4 is 5.56 Å². The van der Waals surface area contributed by atoms with E-state index in [0.717, 1.165) is 12.1 Å². The topological polar surface area (TPSA) is 81.9 Å². The van der Waals surface area contributed by atoms with Crippen molar-refractivity contribution in [3.8, 4) is 16.9 Å². The molecule has 2 aromatic heterocycles. The fraction of sp³-hybridized carbons (Fsp3) is 0.174. The Hall–Kier alpha value is -3.60. The molecule has 0 saturated heterocycles. The van der Waals surface area contributed by atoms with E-state index in [1.54, 1.807) is 0 Å². The van der Waals surface area contributed by atoms with E-state index >= 15 is 0 Å². The molecule has 0 saturated carbocycles. The molecule has 4 aromatic rings. The predicted molar refractivity (Wildman–Crippen MR) is 118 cm³/mol. The highest BCUT2D eigenvalue weighted by molar-refractivity contribution is 7.91. The Bertz CT molecular complexity index is 1580. The van der Waals surface area contributed by atoms with Crippen molar-refractivity contribution < 1.29 is 26.0 Å². The summed E-state index contributed by atoms with van der Waals surface area (Å²) in [5.41, 5.74) is -0.914. The molecule has 2 heterocycles. The van der Waals surface area contributed by atoms with Gasteiger partial charge in [-0.1, -0.05) is 25.1 Å². The van der Waals surface area contributed by atoms with Gasteiger partial charge in [-0.3, -0.25) is 4.79 Å². The summed E-state index contributed by atoms with van der Waals surface area (Å²) < 4.78 is 79.5. The Balaban J connectivity index is 2.01. The Morgan fingerprint density at radius 2 is 1.65 bits per heavy atom. The zero-order chi connectivity index (χ0) is 24.8. The normalized spacial score (nSPS) is 12.3. The average molecular weight is 491 g/mol. The summed E-state index contributed by atoms with van der Waals surface area (Å²) in [4.78, 5) is 17.0. The van der Waals surface area contributed by atoms with Crippen LogP contribution in [-0.2, 0) is 16.0 Å². The van der Waals surface area contributed by atoms with Crippen LogP contribution in [0.2, 0.25) is 0 Å². The number of nitrogens with zero attached hydrogens (tertiary/aromatic N) is 3. The van der Waals surface area contributed by atoms with Crippen LogP contribution >= 0.6 is 0 Å². The Morgan fingerprint density at radius 1 is 0.971 bits per heavy atom. The summed E-state index contributed by atoms with van der Waals surface area (Å²) in [5, 5.41) is 4.07. The Kier molecular flexibility index (Phi) is 5.76. The first-order chi connectivity index (χ1) is 15.9. The molecule has 0 unspecified atom stereocenters. The van der Waals surface area contributed by atoms with Crippen molar-refractivity contribution in [1.29, 1.82) is 0 Å². The van der Waals surface area contributed by atoms with Gasteiger partial charge in [0.15, 0.2) is 15.7 Å². The third kappa shape index (κ3) is 4.18. The maximum absolute atomic E-state index is 13.3. The van der Waals surface area contributed by atoms with Crippen molar-refractivity contribution in [1.82, 2.24) is 14.8 Å². The first-order valence-electron chi connectivity index (χ1n) is 10.0. The van der Waals surface area contributed by atoms with E-state index in [1.807, 2.05) is 0 Å². The number of fused-ring (bicyclic) bond motifs is 1. The predicted octanol–water partition coefficient (Wildman–Crippen LogP) is 4.71. The van der Waals surface area contributed by atoms with E-state index < -0.39 is 33.0 Å². The molecule has 0 amide bonds. The number of pyridine rings is 1. The van der Waals surface area contributed by atoms with Gasteiger partial charge in [-0.15, -0.1) is 0 Å². The van der Waals surface area contributed by atoms with E-state index in [0.29, 0.717) is 21.9 Å². The second-order valence-electron chi connectivity index (χ2n) is 7.52. The SMILES string of the molecule is CCS(=O)(=O)c1cc(-c2ccc(F)cc2)cnc1-n1nc(C)c2ccc(C(F)(F)F)cc2c1=O. The van der Waals surface area contributed by atoms with Gasteiger partial charge in [-0.25, -0.2) is 17.8 Å². The van der Waals surface area contributed by atoms with Gasteiger partial charge in [0.05, 0.1) is 22.4 Å². The monoisotopic (exact) mass is 491 g/mol. The summed E-state index contributed by atoms with van der Waals surface area (Å²) in [7, 11) is -3.95. The zero-order valence-corrected chi connectivity index (χ0v) is 18.7. The van der Waals surface area contributed by atoms with Gasteiger partial charge in [0, 0.05) is 17.1 Å². The van der Waals surface area contributed by atoms with Gasteiger partial charge in [0.25, 0.3) is 5.56 Å². The third-order valence-electron chi connectivity index (χ3n) is 5.34. The summed E-state index contributed by atoms with van der Waals surface area (Å²) in [6, 6.07) is 9.29. The van der Waals surface area contributed by atoms with Crippen molar-refractivity contribution >= 4 is 20.6 Å². The zero-order valence-electron chi connectivity index (χ0n) is 17.9. The number of benzene rings is 2. The molecule has 0 radical (unpaired) electrons. The minimum absolute atomic E-state index is 0.206. The molecule has 2 aromatic carbocycles. The van der Waals surface area contributed by atoms with Crippen LogP contribution in [0.1, 0.15) is 18.2 Å². The molecule has 0 atom stereocenters. The first-order valence-corrected chi connectivity index (χ1v) is 11.7. The summed E-state index contributed by atoms with van der Waals surface area (Å²) in [6.45, 7) is 2.90. The van der Waals surface area contributed by atoms with Crippen molar-refractivity contribution in [3.05, 3.63) is 82.2 Å². The van der Waals surface area contributed by atoms with Crippen molar-refractivity contribution in [2.24, 2.45) is 0 Å². The Morgan fingerprint density at radius 3 is 2.26 bits per heavy atom. The number of sulfone groups is 1. The summed E-state index contributed by atoms with van der Waals surface area (Å²) in [6.07, 6.45) is -3.38. The minimum Gasteiger partial charge on any atom is -0.267 e. The van der Waals surface area contributed by atoms with Gasteiger partial charge in [-0.05, 0) is 42.8 Å². The smallest absolute Gasteiger partial charge is 0.267 e. The lowest BCUT2D eigenvalue weighted by Crippen LogP contribution is -2.26. The third-order valence-corrected chi connectivity index (χ3v) is 7.07. The van der Waals surface area contributed by atoms with Crippen LogP contribution in [0, 0.1) is 12.7 Å². The van der Waals surface area contributed by atoms with E-state index in [2.05, 4.69) is 10.1 Å². The lowest BCUT2D eigenvalue weighted by molar-refractivity contribution is -0.137. The molecule has 0 aliphatic heterocycles. The second kappa shape index (κ2) is 8.32. The van der Waals surface area contributed by atoms with Crippen LogP contribution in [0.5, 0.6) is 0 Å². The highest BCUT2D eigenvalue weighted by atomic mass is 32.2. The first kappa shape index (κ1) is 23.6. The number of hydrogen-bond donors (Lipinski definition) is 0. The van der Waals surface area contributed by atoms with Crippen LogP contribution in [0.3, 0.4) is 0 Å². The maximum atomic E-state index is 13.3. The van der Waals surface area contributed by atoms with E-state index in [-0.39, 0.29) is 32.9 Å². The molecule has 11 heteroatoms. The molecule has 0 N–H and O–H groups in total. The van der Waals surface area contributed by atoms with Crippen LogP contribution in [0.15, 0.2) is 64.4 Å². The van der Waals surface area contributed by atoms with Gasteiger partial charge in [0.2, 0.25) is 0 Å². The van der Waals surface area contributed by atoms with Crippen LogP contribution in [-0.4, -0.2) is 28.9 Å². The van der Waals surface area contributed by atoms with Gasteiger partial charge in [0.1, 0.15) is 10.7 Å². The summed E-state index contributed by atoms with van der Waals surface area (Å²) in [5.74, 6) is -1.14. The molecule has 0 aliphatic rings. The highest BCUT2D eigenvalue weighted by Crippen LogP contribution is 2.31. The molecule has 176 valence electrons. The number of alkyl halides is 3. The number of halogens is 4. The quantitative estimate of drug-likeness (QED) is 0.387. The van der Waals surface area contributed by atoms with Crippen molar-refractivity contribution in [3.63, 3.8) is 0 Å². The van der Waals surface area contributed by atoms with E-state index in [9.17, 15) is 30.8 Å². The van der Waals surface area contributed by atoms with Crippen LogP contribution in [0.4, 0.5) is 17.6 Å². The number of hydrogen-bond acceptors (Lipinski definition) is 5. The van der Waals surface area contributed by atoms with Gasteiger partial charge in [-0.2, -0.15) is 23.0 Å². The number of aryl methyl sites for hydroxylation is 1. The van der Waals surface area contributed by atoms with Gasteiger partial charge < -0.3 is 0 Å². The number of rotatable bonds is 4. The second-order valence-corrected chi connectivity index (χ2v) is 9.76. The Labute approximate surface area is 191 Å². The lowest BCUT2D eigenvalue weighted by Gasteiger charge is -2.14. The minimum atomic E-state index is -4.67. The molecule has 0 bridgehead atoms. The maximum Gasteiger partial charge on any atom is 0.416 e. The molecular weight excluding hydrogens is 474 g/mol. The molecule has 6 nitrogen and oxygen atoms in total. The molecule has 0 fully saturated rings. The van der Waals surface area contributed by atoms with Gasteiger partial charge >= 0.3 is 6.18 Å². The standard InChI is InChI=1S/C23H17F4N3O3S/c1-3-34(32,33)20-10-15(14-4-7-17(24)8-5-14)12-28-21(20)30-22(31)19-11-16(23(25,26)27)6-9-18(19)13(2)29-30/h4-12H,3H2,1-2H3. The fourth-order valence-electron chi connectivity index (χ4n) is 3.50. The molecule has 4 rings (SSSR count). The average Bonchev–Trinajstić information content (AvgIpc) is 2.80. The summed E-state index contributed by atoms with van der Waals surface area (Å²) >= 11 is 0. The van der Waals surface area contributed by atoms with E-state index in [4.69, 9.17) is 0 Å². The molecule has 0 aliphatic carbocycles. The highest BCUT2D eigenvalue weighted by Gasteiger charge is 2.31. The number of aromatic nitrogens is 3. The molecule has 34 heavy (non-hydrogen) atoms. The molecule has 0 spiro atoms. The largest absolute Gasteiger partial charge is 0.416 e. The van der Waals surface area contributed by atoms with Crippen molar-refractivity contribution in [2.75, 3.05) is 5.75 Å². The van der Waals surface area contributed by atoms with Crippen LogP contribution in [0.25, 0.3) is 27.7 Å². The fourth-order valence-corrected chi connectivity index (χ4v) is 4.54. The lowest BCUT2D eigenvalue weighted by atomic mass is 10.1.